The molecule has 0 aliphatic rings. The summed E-state index contributed by atoms with van der Waals surface area (Å²) in [5, 5.41) is 2.46. The van der Waals surface area contributed by atoms with Crippen LogP contribution in [0.1, 0.15) is 11.1 Å². The van der Waals surface area contributed by atoms with Gasteiger partial charge < -0.3 is 5.32 Å². The topological polar surface area (TPSA) is 105 Å². The molecule has 1 aromatic carbocycles. The van der Waals surface area contributed by atoms with Crippen molar-refractivity contribution in [2.24, 2.45) is 0 Å². The molecular weight excluding hydrogens is 374 g/mol. The minimum atomic E-state index is -3.97. The van der Waals surface area contributed by atoms with E-state index in [1.807, 2.05) is 6.92 Å². The molecule has 0 aliphatic heterocycles. The largest absolute Gasteiger partial charge is 0.358 e. The second-order valence-electron chi connectivity index (χ2n) is 5.64. The summed E-state index contributed by atoms with van der Waals surface area (Å²) in [7, 11) is -2.50. The highest BCUT2D eigenvalue weighted by Crippen LogP contribution is 2.25. The second-order valence-corrected chi connectivity index (χ2v) is 8.07. The minimum Gasteiger partial charge on any atom is -0.358 e. The third-order valence-corrected chi connectivity index (χ3v) is 6.33. The molecule has 8 nitrogen and oxygen atoms in total. The molecule has 1 amide bonds. The molecule has 2 aromatic heterocycles. The molecule has 3 aromatic rings. The molecule has 0 unspecified atom stereocenters. The van der Waals surface area contributed by atoms with Gasteiger partial charge >= 0.3 is 0 Å². The smallest absolute Gasteiger partial charge is 0.246 e. The number of pyridine rings is 1. The van der Waals surface area contributed by atoms with Gasteiger partial charge in [-0.3, -0.25) is 9.78 Å². The van der Waals surface area contributed by atoms with E-state index < -0.39 is 15.9 Å². The van der Waals surface area contributed by atoms with Gasteiger partial charge in [0, 0.05) is 26.0 Å². The number of aromatic nitrogens is 3. The quantitative estimate of drug-likeness (QED) is 0.680. The first-order valence-electron chi connectivity index (χ1n) is 7.75. The summed E-state index contributed by atoms with van der Waals surface area (Å²) in [4.78, 5) is 16.0. The Morgan fingerprint density at radius 3 is 2.81 bits per heavy atom. The van der Waals surface area contributed by atoms with E-state index in [1.54, 1.807) is 30.6 Å². The maximum atomic E-state index is 13.3. The number of aryl methyl sites for hydroxylation is 1. The average molecular weight is 391 g/mol. The third-order valence-electron chi connectivity index (χ3n) is 3.96. The lowest BCUT2D eigenvalue weighted by molar-refractivity contribution is -0.120. The number of amides is 1. The molecule has 0 atom stereocenters. The zero-order valence-corrected chi connectivity index (χ0v) is 15.8. The van der Waals surface area contributed by atoms with Gasteiger partial charge in [-0.2, -0.15) is 13.1 Å². The fourth-order valence-electron chi connectivity index (χ4n) is 2.45. The van der Waals surface area contributed by atoms with E-state index in [4.69, 9.17) is 0 Å². The van der Waals surface area contributed by atoms with Crippen molar-refractivity contribution in [3.63, 3.8) is 0 Å². The lowest BCUT2D eigenvalue weighted by Gasteiger charge is -2.22. The van der Waals surface area contributed by atoms with Crippen molar-refractivity contribution < 1.29 is 13.2 Å². The molecule has 0 bridgehead atoms. The highest BCUT2D eigenvalue weighted by atomic mass is 32.2. The highest BCUT2D eigenvalue weighted by Gasteiger charge is 2.29. The number of rotatable bonds is 6. The predicted molar refractivity (Wildman–Crippen MR) is 98.1 cm³/mol. The second kappa shape index (κ2) is 7.44. The Morgan fingerprint density at radius 2 is 2.08 bits per heavy atom. The normalized spacial score (nSPS) is 11.8. The Balaban J connectivity index is 2.06. The summed E-state index contributed by atoms with van der Waals surface area (Å²) in [6.45, 7) is 1.59. The number of hydrogen-bond acceptors (Lipinski definition) is 7. The van der Waals surface area contributed by atoms with E-state index in [2.05, 4.69) is 19.0 Å². The van der Waals surface area contributed by atoms with Crippen molar-refractivity contribution in [1.29, 1.82) is 0 Å². The molecule has 1 N–H and O–H groups in total. The van der Waals surface area contributed by atoms with Gasteiger partial charge in [-0.1, -0.05) is 6.07 Å². The Morgan fingerprint density at radius 1 is 1.27 bits per heavy atom. The summed E-state index contributed by atoms with van der Waals surface area (Å²) in [5.74, 6) is -0.404. The third kappa shape index (κ3) is 3.57. The van der Waals surface area contributed by atoms with E-state index in [-0.39, 0.29) is 18.0 Å². The van der Waals surface area contributed by atoms with Crippen LogP contribution in [0, 0.1) is 6.92 Å². The fourth-order valence-corrected chi connectivity index (χ4v) is 4.57. The van der Waals surface area contributed by atoms with Crippen LogP contribution >= 0.6 is 11.7 Å². The van der Waals surface area contributed by atoms with Crippen molar-refractivity contribution >= 4 is 38.7 Å². The molecule has 0 saturated carbocycles. The number of fused-ring (bicyclic) bond motifs is 1. The molecule has 0 aliphatic carbocycles. The number of benzene rings is 1. The molecule has 10 heteroatoms. The SMILES string of the molecule is CNC(=O)CN(Cc1cnccc1C)S(=O)(=O)c1cccc2nsnc12. The van der Waals surface area contributed by atoms with E-state index in [9.17, 15) is 13.2 Å². The molecule has 136 valence electrons. The zero-order chi connectivity index (χ0) is 18.7. The number of nitrogens with zero attached hydrogens (tertiary/aromatic N) is 4. The lowest BCUT2D eigenvalue weighted by Crippen LogP contribution is -2.39. The maximum Gasteiger partial charge on any atom is 0.246 e. The molecule has 26 heavy (non-hydrogen) atoms. The Labute approximate surface area is 155 Å². The highest BCUT2D eigenvalue weighted by molar-refractivity contribution is 7.89. The van der Waals surface area contributed by atoms with Crippen molar-refractivity contribution in [3.8, 4) is 0 Å². The average Bonchev–Trinajstić information content (AvgIpc) is 3.11. The Bertz CT molecular complexity index is 1050. The molecule has 0 radical (unpaired) electrons. The van der Waals surface area contributed by atoms with Crippen LogP contribution in [0.5, 0.6) is 0 Å². The van der Waals surface area contributed by atoms with Crippen molar-refractivity contribution in [1.82, 2.24) is 23.4 Å². The van der Waals surface area contributed by atoms with Crippen molar-refractivity contribution in [3.05, 3.63) is 47.8 Å². The summed E-state index contributed by atoms with van der Waals surface area (Å²) < 4.78 is 35.9. The molecule has 0 fully saturated rings. The summed E-state index contributed by atoms with van der Waals surface area (Å²) in [6.07, 6.45) is 3.24. The molecular formula is C16H17N5O3S2. The summed E-state index contributed by atoms with van der Waals surface area (Å²) in [5.41, 5.74) is 2.44. The lowest BCUT2D eigenvalue weighted by atomic mass is 10.1. The van der Waals surface area contributed by atoms with E-state index >= 15 is 0 Å². The monoisotopic (exact) mass is 391 g/mol. The number of likely N-dealkylation sites (N-methyl/N-ethyl adjacent to an activating group) is 1. The van der Waals surface area contributed by atoms with Crippen LogP contribution in [0.25, 0.3) is 11.0 Å². The first-order chi connectivity index (χ1) is 12.4. The van der Waals surface area contributed by atoms with Crippen LogP contribution < -0.4 is 5.32 Å². The van der Waals surface area contributed by atoms with Gasteiger partial charge in [0.25, 0.3) is 0 Å². The van der Waals surface area contributed by atoms with Crippen LogP contribution in [0.15, 0.2) is 41.6 Å². The predicted octanol–water partition coefficient (Wildman–Crippen LogP) is 1.33. The van der Waals surface area contributed by atoms with Gasteiger partial charge in [0.2, 0.25) is 15.9 Å². The number of carbonyl (C=O) groups is 1. The van der Waals surface area contributed by atoms with Gasteiger partial charge in [-0.25, -0.2) is 8.42 Å². The zero-order valence-electron chi connectivity index (χ0n) is 14.2. The maximum absolute atomic E-state index is 13.3. The van der Waals surface area contributed by atoms with Crippen LogP contribution in [-0.4, -0.2) is 46.0 Å². The van der Waals surface area contributed by atoms with E-state index in [0.29, 0.717) is 11.0 Å². The van der Waals surface area contributed by atoms with Gasteiger partial charge in [0.15, 0.2) is 0 Å². The van der Waals surface area contributed by atoms with Crippen LogP contribution in [-0.2, 0) is 21.4 Å². The van der Waals surface area contributed by atoms with E-state index in [1.165, 1.54) is 13.1 Å². The Hall–Kier alpha value is -2.43. The summed E-state index contributed by atoms with van der Waals surface area (Å²) >= 11 is 0.947. The standard InChI is InChI=1S/C16H17N5O3S2/c1-11-6-7-18-8-12(11)9-21(10-15(22)17-2)26(23,24)14-5-3-4-13-16(14)20-25-19-13/h3-8H,9-10H2,1-2H3,(H,17,22). The van der Waals surface area contributed by atoms with Crippen LogP contribution in [0.3, 0.4) is 0 Å². The fraction of sp³-hybridized carbons (Fsp3) is 0.250. The Kier molecular flexibility index (Phi) is 5.25. The first kappa shape index (κ1) is 18.4. The first-order valence-corrected chi connectivity index (χ1v) is 9.92. The summed E-state index contributed by atoms with van der Waals surface area (Å²) in [6, 6.07) is 6.59. The number of carbonyl (C=O) groups excluding carboxylic acids is 1. The molecule has 0 saturated heterocycles. The number of sulfonamides is 1. The van der Waals surface area contributed by atoms with Gasteiger partial charge in [-0.15, -0.1) is 0 Å². The molecule has 0 spiro atoms. The van der Waals surface area contributed by atoms with Gasteiger partial charge in [0.05, 0.1) is 18.3 Å². The van der Waals surface area contributed by atoms with Gasteiger partial charge in [0.1, 0.15) is 15.9 Å². The molecule has 3 rings (SSSR count). The minimum absolute atomic E-state index is 0.0311. The van der Waals surface area contributed by atoms with Crippen LogP contribution in [0.4, 0.5) is 0 Å². The van der Waals surface area contributed by atoms with E-state index in [0.717, 1.165) is 27.2 Å². The van der Waals surface area contributed by atoms with Crippen molar-refractivity contribution in [2.45, 2.75) is 18.4 Å². The number of nitrogens with one attached hydrogen (secondary N) is 1. The van der Waals surface area contributed by atoms with Crippen LogP contribution in [0.2, 0.25) is 0 Å². The number of hydrogen-bond donors (Lipinski definition) is 1. The molecule has 2 heterocycles. The van der Waals surface area contributed by atoms with Crippen molar-refractivity contribution in [2.75, 3.05) is 13.6 Å². The van der Waals surface area contributed by atoms with Gasteiger partial charge in [-0.05, 0) is 36.2 Å².